The van der Waals surface area contributed by atoms with Gasteiger partial charge in [0.2, 0.25) is 0 Å². The molecule has 1 aromatic carbocycles. The predicted octanol–water partition coefficient (Wildman–Crippen LogP) is -5.51. The van der Waals surface area contributed by atoms with Gasteiger partial charge in [0.15, 0.2) is 0 Å². The first-order valence-electron chi connectivity index (χ1n) is 11.3. The van der Waals surface area contributed by atoms with Crippen LogP contribution in [-0.2, 0) is 25.6 Å². The fraction of sp³-hybridized carbons (Fsp3) is 0.565. The van der Waals surface area contributed by atoms with E-state index in [1.165, 1.54) is 4.90 Å². The van der Waals surface area contributed by atoms with Crippen LogP contribution >= 0.6 is 0 Å². The second kappa shape index (κ2) is 20.7. The number of benzene rings is 1. The minimum absolute atomic E-state index is 0. The number of hydrogen-bond donors (Lipinski definition) is 4. The summed E-state index contributed by atoms with van der Waals surface area (Å²) < 4.78 is 5.43. The molecule has 4 N–H and O–H groups in total. The van der Waals surface area contributed by atoms with Crippen molar-refractivity contribution in [1.82, 2.24) is 14.7 Å². The molecule has 0 amide bonds. The first-order valence-corrected chi connectivity index (χ1v) is 11.3. The molecule has 1 aromatic rings. The fourth-order valence-corrected chi connectivity index (χ4v) is 3.68. The number of aliphatic carboxylic acids is 4. The van der Waals surface area contributed by atoms with Crippen LogP contribution in [0.15, 0.2) is 24.3 Å². The Balaban J connectivity index is -0.00000153. The van der Waals surface area contributed by atoms with E-state index in [1.807, 2.05) is 6.92 Å². The van der Waals surface area contributed by atoms with Crippen LogP contribution in [0.4, 0.5) is 0 Å². The van der Waals surface area contributed by atoms with Gasteiger partial charge in [0, 0.05) is 25.7 Å². The van der Waals surface area contributed by atoms with Gasteiger partial charge in [-0.2, -0.15) is 0 Å². The van der Waals surface area contributed by atoms with Crippen LogP contribution in [0.5, 0.6) is 5.75 Å². The second-order valence-electron chi connectivity index (χ2n) is 8.02. The first-order chi connectivity index (χ1) is 16.5. The van der Waals surface area contributed by atoms with E-state index in [0.29, 0.717) is 18.9 Å². The molecule has 0 spiro atoms. The van der Waals surface area contributed by atoms with Gasteiger partial charge in [-0.1, -0.05) is 19.1 Å². The van der Waals surface area contributed by atoms with Crippen molar-refractivity contribution in [3.63, 3.8) is 0 Å². The molecular formula is C23H37N3Na2O9. The monoisotopic (exact) mass is 545 g/mol. The number of carbonyl (C=O) groups is 4. The summed E-state index contributed by atoms with van der Waals surface area (Å²) in [5.74, 6) is -3.85. The normalized spacial score (nSPS) is 11.5. The largest absolute Gasteiger partial charge is 1.00 e. The molecular weight excluding hydrogens is 508 g/mol. The van der Waals surface area contributed by atoms with E-state index in [1.54, 1.807) is 41.0 Å². The molecule has 0 aliphatic carbocycles. The Morgan fingerprint density at radius 2 is 1.24 bits per heavy atom. The summed E-state index contributed by atoms with van der Waals surface area (Å²) in [4.78, 5) is 50.0. The summed E-state index contributed by atoms with van der Waals surface area (Å²) in [6, 6.07) is 6.48. The molecule has 0 fully saturated rings. The number of rotatable bonds is 19. The number of nitrogens with zero attached hydrogens (tertiary/aromatic N) is 3. The van der Waals surface area contributed by atoms with Crippen LogP contribution in [0.2, 0.25) is 0 Å². The van der Waals surface area contributed by atoms with Crippen LogP contribution in [0.3, 0.4) is 0 Å². The number of likely N-dealkylation sites (N-methyl/N-ethyl adjacent to an activating group) is 1. The van der Waals surface area contributed by atoms with Gasteiger partial charge in [0.25, 0.3) is 0 Å². The van der Waals surface area contributed by atoms with Crippen molar-refractivity contribution in [2.24, 2.45) is 0 Å². The zero-order valence-electron chi connectivity index (χ0n) is 24.1. The smallest absolute Gasteiger partial charge is 1.00 e. The average molecular weight is 546 g/mol. The van der Waals surface area contributed by atoms with Crippen molar-refractivity contribution in [1.29, 1.82) is 0 Å². The Kier molecular flexibility index (Phi) is 21.2. The topological polar surface area (TPSA) is 168 Å². The maximum Gasteiger partial charge on any atom is 1.00 e. The Labute approximate surface area is 264 Å². The molecule has 200 valence electrons. The number of hydrogen-bond acceptors (Lipinski definition) is 8. The van der Waals surface area contributed by atoms with E-state index in [0.717, 1.165) is 5.56 Å². The Bertz CT molecular complexity index is 839. The van der Waals surface area contributed by atoms with Crippen molar-refractivity contribution in [3.8, 4) is 5.75 Å². The first kappa shape index (κ1) is 37.9. The van der Waals surface area contributed by atoms with Gasteiger partial charge in [-0.05, 0) is 37.6 Å². The van der Waals surface area contributed by atoms with Gasteiger partial charge in [0.05, 0.1) is 32.8 Å². The van der Waals surface area contributed by atoms with Crippen LogP contribution < -0.4 is 63.9 Å². The third-order valence-corrected chi connectivity index (χ3v) is 5.27. The minimum atomic E-state index is -1.20. The maximum absolute atomic E-state index is 11.5. The van der Waals surface area contributed by atoms with Gasteiger partial charge in [0.1, 0.15) is 5.75 Å². The summed E-state index contributed by atoms with van der Waals surface area (Å²) in [6.07, 6.45) is 0.274. The molecule has 0 saturated heterocycles. The third-order valence-electron chi connectivity index (χ3n) is 5.27. The Morgan fingerprint density at radius 1 is 0.784 bits per heavy atom. The average Bonchev–Trinajstić information content (AvgIpc) is 2.75. The molecule has 0 aromatic heterocycles. The van der Waals surface area contributed by atoms with E-state index in [9.17, 15) is 34.5 Å². The third kappa shape index (κ3) is 17.1. The van der Waals surface area contributed by atoms with E-state index in [2.05, 4.69) is 0 Å². The summed E-state index contributed by atoms with van der Waals surface area (Å²) >= 11 is 0. The van der Waals surface area contributed by atoms with Crippen molar-refractivity contribution in [3.05, 3.63) is 29.8 Å². The molecule has 0 bridgehead atoms. The van der Waals surface area contributed by atoms with Gasteiger partial charge in [-0.3, -0.25) is 33.9 Å². The SMILES string of the molecule is CCOc1ccc(CC(CN(CCN(CC)CC(=O)O)CC(=O)O)N(CC(=O)O)CC(=O)O)cc1.[H-].[H-].[Na+].[Na+]. The molecule has 1 rings (SSSR count). The zero-order valence-corrected chi connectivity index (χ0v) is 26.1. The predicted molar refractivity (Wildman–Crippen MR) is 128 cm³/mol. The van der Waals surface area contributed by atoms with Crippen molar-refractivity contribution in [2.75, 3.05) is 59.0 Å². The molecule has 0 aliphatic heterocycles. The fourth-order valence-electron chi connectivity index (χ4n) is 3.68. The number of ether oxygens (including phenoxy) is 1. The maximum atomic E-state index is 11.5. The van der Waals surface area contributed by atoms with E-state index in [4.69, 9.17) is 9.84 Å². The molecule has 0 radical (unpaired) electrons. The van der Waals surface area contributed by atoms with E-state index < -0.39 is 43.0 Å². The molecule has 0 heterocycles. The molecule has 12 nitrogen and oxygen atoms in total. The molecule has 0 saturated carbocycles. The standard InChI is InChI=1S/C23H35N3O9.2Na.2H/c1-3-24(13-20(27)28)9-10-25(14-21(29)30)12-18(26(15-22(31)32)16-23(33)34)11-17-5-7-19(8-6-17)35-4-2;;;;/h5-8,18H,3-4,9-16H2,1-2H3,(H,27,28)(H,29,30)(H,31,32)(H,33,34);;;;/q;2*+1;2*-1. The number of carboxylic acids is 4. The van der Waals surface area contributed by atoms with Gasteiger partial charge >= 0.3 is 83.0 Å². The van der Waals surface area contributed by atoms with Gasteiger partial charge in [-0.25, -0.2) is 0 Å². The summed E-state index contributed by atoms with van der Waals surface area (Å²) in [5.41, 5.74) is 0.801. The van der Waals surface area contributed by atoms with Crippen molar-refractivity contribution >= 4 is 23.9 Å². The van der Waals surface area contributed by atoms with E-state index >= 15 is 0 Å². The summed E-state index contributed by atoms with van der Waals surface area (Å²) in [5, 5.41) is 37.2. The van der Waals surface area contributed by atoms with Crippen molar-refractivity contribution < 1.29 is 106 Å². The van der Waals surface area contributed by atoms with Crippen LogP contribution in [0.25, 0.3) is 0 Å². The minimum Gasteiger partial charge on any atom is -1.00 e. The molecule has 14 heteroatoms. The van der Waals surface area contributed by atoms with Crippen LogP contribution in [0.1, 0.15) is 22.3 Å². The van der Waals surface area contributed by atoms with Gasteiger partial charge < -0.3 is 28.0 Å². The van der Waals surface area contributed by atoms with Crippen LogP contribution in [-0.4, -0.2) is 124 Å². The quantitative estimate of drug-likeness (QED) is 0.122. The molecule has 37 heavy (non-hydrogen) atoms. The number of carboxylic acid groups (broad SMARTS) is 4. The van der Waals surface area contributed by atoms with Gasteiger partial charge in [-0.15, -0.1) is 0 Å². The molecule has 1 atom stereocenters. The second-order valence-corrected chi connectivity index (χ2v) is 8.02. The zero-order chi connectivity index (χ0) is 26.4. The summed E-state index contributed by atoms with van der Waals surface area (Å²) in [7, 11) is 0. The Hall–Kier alpha value is -1.22. The molecule has 1 unspecified atom stereocenters. The van der Waals surface area contributed by atoms with Crippen molar-refractivity contribution in [2.45, 2.75) is 26.3 Å². The van der Waals surface area contributed by atoms with E-state index in [-0.39, 0.29) is 101 Å². The Morgan fingerprint density at radius 3 is 1.68 bits per heavy atom. The molecule has 0 aliphatic rings. The van der Waals surface area contributed by atoms with Crippen LogP contribution in [0, 0.1) is 0 Å². The summed E-state index contributed by atoms with van der Waals surface area (Å²) in [6.45, 7) is 3.53.